The Kier molecular flexibility index (Phi) is 7.48. The predicted molar refractivity (Wildman–Crippen MR) is 56.8 cm³/mol. The second kappa shape index (κ2) is 7.74. The summed E-state index contributed by atoms with van der Waals surface area (Å²) in [5.74, 6) is 0. The zero-order valence-corrected chi connectivity index (χ0v) is 9.40. The van der Waals surface area contributed by atoms with Gasteiger partial charge >= 0.3 is 6.18 Å². The lowest BCUT2D eigenvalue weighted by atomic mass is 10.2. The van der Waals surface area contributed by atoms with Crippen LogP contribution in [0.15, 0.2) is 12.2 Å². The molecule has 0 unspecified atom stereocenters. The topological polar surface area (TPSA) is 12.0 Å². The van der Waals surface area contributed by atoms with Crippen molar-refractivity contribution in [2.45, 2.75) is 51.7 Å². The SMILES string of the molecule is CC(C)NCC/C=C/CCCC(F)(F)F. The van der Waals surface area contributed by atoms with Gasteiger partial charge in [-0.1, -0.05) is 26.0 Å². The molecule has 0 amide bonds. The summed E-state index contributed by atoms with van der Waals surface area (Å²) in [4.78, 5) is 0. The van der Waals surface area contributed by atoms with Gasteiger partial charge in [0.2, 0.25) is 0 Å². The van der Waals surface area contributed by atoms with Crippen LogP contribution in [0.3, 0.4) is 0 Å². The molecule has 90 valence electrons. The van der Waals surface area contributed by atoms with Crippen molar-refractivity contribution >= 4 is 0 Å². The van der Waals surface area contributed by atoms with Crippen LogP contribution in [0, 0.1) is 0 Å². The van der Waals surface area contributed by atoms with Gasteiger partial charge in [-0.05, 0) is 25.8 Å². The third-order valence-corrected chi connectivity index (χ3v) is 1.86. The molecule has 0 aliphatic carbocycles. The van der Waals surface area contributed by atoms with Crippen LogP contribution in [0.25, 0.3) is 0 Å². The molecule has 1 N–H and O–H groups in total. The summed E-state index contributed by atoms with van der Waals surface area (Å²) < 4.78 is 35.2. The van der Waals surface area contributed by atoms with Gasteiger partial charge in [-0.15, -0.1) is 0 Å². The third-order valence-electron chi connectivity index (χ3n) is 1.86. The minimum atomic E-state index is -4.01. The molecule has 0 saturated heterocycles. The largest absolute Gasteiger partial charge is 0.389 e. The van der Waals surface area contributed by atoms with Crippen molar-refractivity contribution in [3.05, 3.63) is 12.2 Å². The number of alkyl halides is 3. The highest BCUT2D eigenvalue weighted by Gasteiger charge is 2.25. The van der Waals surface area contributed by atoms with Gasteiger partial charge < -0.3 is 5.32 Å². The molecular formula is C11H20F3N. The van der Waals surface area contributed by atoms with Gasteiger partial charge in [-0.25, -0.2) is 0 Å². The third kappa shape index (κ3) is 13.5. The van der Waals surface area contributed by atoms with Crippen LogP contribution < -0.4 is 5.32 Å². The van der Waals surface area contributed by atoms with E-state index in [9.17, 15) is 13.2 Å². The average Bonchev–Trinajstić information content (AvgIpc) is 2.07. The van der Waals surface area contributed by atoms with Gasteiger partial charge in [0.05, 0.1) is 0 Å². The Labute approximate surface area is 89.7 Å². The maximum absolute atomic E-state index is 11.7. The van der Waals surface area contributed by atoms with Crippen LogP contribution in [0.4, 0.5) is 13.2 Å². The fourth-order valence-electron chi connectivity index (χ4n) is 1.11. The minimum absolute atomic E-state index is 0.192. The summed E-state index contributed by atoms with van der Waals surface area (Å²) in [6, 6.07) is 0.462. The molecule has 0 atom stereocenters. The van der Waals surface area contributed by atoms with Crippen molar-refractivity contribution in [3.63, 3.8) is 0 Å². The average molecular weight is 223 g/mol. The van der Waals surface area contributed by atoms with E-state index in [2.05, 4.69) is 19.2 Å². The summed E-state index contributed by atoms with van der Waals surface area (Å²) in [5, 5.41) is 3.23. The van der Waals surface area contributed by atoms with Crippen molar-refractivity contribution in [1.29, 1.82) is 0 Å². The van der Waals surface area contributed by atoms with E-state index in [-0.39, 0.29) is 6.42 Å². The summed E-state index contributed by atoms with van der Waals surface area (Å²) in [6.45, 7) is 5.01. The van der Waals surface area contributed by atoms with Crippen LogP contribution in [0.1, 0.15) is 39.5 Å². The van der Waals surface area contributed by atoms with Crippen molar-refractivity contribution in [3.8, 4) is 0 Å². The molecule has 0 aliphatic heterocycles. The summed E-state index contributed by atoms with van der Waals surface area (Å²) >= 11 is 0. The molecule has 1 nitrogen and oxygen atoms in total. The van der Waals surface area contributed by atoms with Crippen molar-refractivity contribution in [2.24, 2.45) is 0 Å². The number of unbranched alkanes of at least 4 members (excludes halogenated alkanes) is 1. The number of hydrogen-bond donors (Lipinski definition) is 1. The zero-order chi connectivity index (χ0) is 11.7. The Morgan fingerprint density at radius 1 is 1.13 bits per heavy atom. The molecule has 0 heterocycles. The molecule has 0 aliphatic rings. The molecule has 0 radical (unpaired) electrons. The maximum Gasteiger partial charge on any atom is 0.389 e. The van der Waals surface area contributed by atoms with E-state index in [4.69, 9.17) is 0 Å². The smallest absolute Gasteiger partial charge is 0.314 e. The lowest BCUT2D eigenvalue weighted by molar-refractivity contribution is -0.135. The van der Waals surface area contributed by atoms with Gasteiger partial charge in [0, 0.05) is 12.5 Å². The number of allylic oxidation sites excluding steroid dienone is 1. The zero-order valence-electron chi connectivity index (χ0n) is 9.40. The molecule has 15 heavy (non-hydrogen) atoms. The Morgan fingerprint density at radius 3 is 2.27 bits per heavy atom. The van der Waals surface area contributed by atoms with Crippen molar-refractivity contribution in [1.82, 2.24) is 5.32 Å². The highest BCUT2D eigenvalue weighted by atomic mass is 19.4. The first kappa shape index (κ1) is 14.5. The predicted octanol–water partition coefficient (Wildman–Crippen LogP) is 3.66. The van der Waals surface area contributed by atoms with E-state index in [0.29, 0.717) is 12.5 Å². The summed E-state index contributed by atoms with van der Waals surface area (Å²) in [6.07, 6.45) is 0.664. The number of hydrogen-bond acceptors (Lipinski definition) is 1. The number of rotatable bonds is 7. The van der Waals surface area contributed by atoms with E-state index in [1.54, 1.807) is 0 Å². The standard InChI is InChI=1S/C11H20F3N/c1-10(2)15-9-7-5-3-4-6-8-11(12,13)14/h3,5,10,15H,4,6-9H2,1-2H3/b5-3+. The molecule has 4 heteroatoms. The highest BCUT2D eigenvalue weighted by Crippen LogP contribution is 2.22. The second-order valence-corrected chi connectivity index (χ2v) is 3.88. The normalized spacial score (nSPS) is 12.9. The minimum Gasteiger partial charge on any atom is -0.314 e. The summed E-state index contributed by atoms with van der Waals surface area (Å²) in [7, 11) is 0. The van der Waals surface area contributed by atoms with Crippen LogP contribution in [-0.2, 0) is 0 Å². The lowest BCUT2D eigenvalue weighted by Crippen LogP contribution is -2.23. The Balaban J connectivity index is 3.25. The first-order valence-corrected chi connectivity index (χ1v) is 5.37. The maximum atomic E-state index is 11.7. The molecule has 0 aromatic carbocycles. The van der Waals surface area contributed by atoms with E-state index in [1.807, 2.05) is 12.2 Å². The fraction of sp³-hybridized carbons (Fsp3) is 0.818. The number of halogens is 3. The molecule has 0 rings (SSSR count). The Hall–Kier alpha value is -0.510. The highest BCUT2D eigenvalue weighted by molar-refractivity contribution is 4.82. The molecule has 0 saturated carbocycles. The van der Waals surface area contributed by atoms with E-state index < -0.39 is 12.6 Å². The van der Waals surface area contributed by atoms with Gasteiger partial charge in [-0.2, -0.15) is 13.2 Å². The van der Waals surface area contributed by atoms with Gasteiger partial charge in [-0.3, -0.25) is 0 Å². The summed E-state index contributed by atoms with van der Waals surface area (Å²) in [5.41, 5.74) is 0. The fourth-order valence-corrected chi connectivity index (χ4v) is 1.11. The lowest BCUT2D eigenvalue weighted by Gasteiger charge is -2.05. The van der Waals surface area contributed by atoms with Crippen LogP contribution in [0.5, 0.6) is 0 Å². The quantitative estimate of drug-likeness (QED) is 0.513. The van der Waals surface area contributed by atoms with Crippen LogP contribution >= 0.6 is 0 Å². The molecule has 0 aromatic rings. The number of nitrogens with one attached hydrogen (secondary N) is 1. The molecule has 0 bridgehead atoms. The van der Waals surface area contributed by atoms with Crippen LogP contribution in [-0.4, -0.2) is 18.8 Å². The second-order valence-electron chi connectivity index (χ2n) is 3.88. The van der Waals surface area contributed by atoms with E-state index in [1.165, 1.54) is 0 Å². The van der Waals surface area contributed by atoms with Crippen LogP contribution in [0.2, 0.25) is 0 Å². The van der Waals surface area contributed by atoms with E-state index in [0.717, 1.165) is 13.0 Å². The van der Waals surface area contributed by atoms with Crippen molar-refractivity contribution < 1.29 is 13.2 Å². The van der Waals surface area contributed by atoms with E-state index >= 15 is 0 Å². The first-order chi connectivity index (χ1) is 6.92. The Morgan fingerprint density at radius 2 is 1.73 bits per heavy atom. The molecule has 0 spiro atoms. The van der Waals surface area contributed by atoms with Gasteiger partial charge in [0.1, 0.15) is 0 Å². The van der Waals surface area contributed by atoms with Gasteiger partial charge in [0.15, 0.2) is 0 Å². The Bertz CT molecular complexity index is 173. The molecule has 0 fully saturated rings. The monoisotopic (exact) mass is 223 g/mol. The van der Waals surface area contributed by atoms with Crippen molar-refractivity contribution in [2.75, 3.05) is 6.54 Å². The molecule has 0 aromatic heterocycles. The van der Waals surface area contributed by atoms with Gasteiger partial charge in [0.25, 0.3) is 0 Å². The first-order valence-electron chi connectivity index (χ1n) is 5.37. The molecular weight excluding hydrogens is 203 g/mol.